The number of hydrogen-bond donors (Lipinski definition) is 1. The minimum atomic E-state index is -0.532. The molecule has 1 unspecified atom stereocenters. The average Bonchev–Trinajstić information content (AvgIpc) is 2.52. The van der Waals surface area contributed by atoms with Crippen LogP contribution in [0.4, 0.5) is 0 Å². The molecule has 0 fully saturated rings. The van der Waals surface area contributed by atoms with Crippen molar-refractivity contribution in [1.82, 2.24) is 4.98 Å². The van der Waals surface area contributed by atoms with Crippen molar-refractivity contribution in [2.75, 3.05) is 14.2 Å². The van der Waals surface area contributed by atoms with Crippen molar-refractivity contribution in [3.8, 4) is 11.5 Å². The highest BCUT2D eigenvalue weighted by atomic mass is 16.5. The zero-order valence-electron chi connectivity index (χ0n) is 11.7. The second-order valence-corrected chi connectivity index (χ2v) is 4.53. The molecule has 0 saturated carbocycles. The standard InChI is InChI=1S/C16H19NO3/c1-19-15-8-6-13(10-16(15)20-2)14(18)7-5-12-4-3-9-17-11-12/h3-4,6,8-11,14,18H,5,7H2,1-2H3. The fraction of sp³-hybridized carbons (Fsp3) is 0.312. The van der Waals surface area contributed by atoms with E-state index in [1.807, 2.05) is 36.5 Å². The van der Waals surface area contributed by atoms with Crippen molar-refractivity contribution >= 4 is 0 Å². The number of aliphatic hydroxyl groups is 1. The van der Waals surface area contributed by atoms with Crippen molar-refractivity contribution in [3.63, 3.8) is 0 Å². The van der Waals surface area contributed by atoms with Crippen molar-refractivity contribution in [1.29, 1.82) is 0 Å². The molecule has 20 heavy (non-hydrogen) atoms. The highest BCUT2D eigenvalue weighted by Gasteiger charge is 2.11. The largest absolute Gasteiger partial charge is 0.493 e. The van der Waals surface area contributed by atoms with Crippen LogP contribution in [-0.4, -0.2) is 24.3 Å². The van der Waals surface area contributed by atoms with Crippen LogP contribution in [0.25, 0.3) is 0 Å². The number of aromatic nitrogens is 1. The van der Waals surface area contributed by atoms with Gasteiger partial charge in [0.05, 0.1) is 20.3 Å². The first-order valence-electron chi connectivity index (χ1n) is 6.53. The minimum Gasteiger partial charge on any atom is -0.493 e. The van der Waals surface area contributed by atoms with E-state index in [9.17, 15) is 5.11 Å². The van der Waals surface area contributed by atoms with Gasteiger partial charge in [-0.2, -0.15) is 0 Å². The Morgan fingerprint density at radius 1 is 1.15 bits per heavy atom. The molecule has 1 atom stereocenters. The van der Waals surface area contributed by atoms with E-state index in [0.29, 0.717) is 17.9 Å². The van der Waals surface area contributed by atoms with E-state index in [-0.39, 0.29) is 0 Å². The first-order chi connectivity index (χ1) is 9.74. The predicted molar refractivity (Wildman–Crippen MR) is 77.1 cm³/mol. The third kappa shape index (κ3) is 3.48. The highest BCUT2D eigenvalue weighted by molar-refractivity contribution is 5.43. The molecule has 0 bridgehead atoms. The Labute approximate surface area is 119 Å². The average molecular weight is 273 g/mol. The molecule has 2 aromatic rings. The third-order valence-corrected chi connectivity index (χ3v) is 3.22. The molecular formula is C16H19NO3. The maximum atomic E-state index is 10.2. The lowest BCUT2D eigenvalue weighted by molar-refractivity contribution is 0.167. The van der Waals surface area contributed by atoms with Crippen LogP contribution in [0.5, 0.6) is 11.5 Å². The van der Waals surface area contributed by atoms with Gasteiger partial charge >= 0.3 is 0 Å². The normalized spacial score (nSPS) is 11.9. The molecule has 0 radical (unpaired) electrons. The van der Waals surface area contributed by atoms with Crippen molar-refractivity contribution in [2.45, 2.75) is 18.9 Å². The van der Waals surface area contributed by atoms with E-state index in [2.05, 4.69) is 4.98 Å². The molecule has 0 aliphatic rings. The molecule has 0 aliphatic heterocycles. The Kier molecular flexibility index (Phi) is 4.96. The maximum absolute atomic E-state index is 10.2. The second kappa shape index (κ2) is 6.91. The summed E-state index contributed by atoms with van der Waals surface area (Å²) in [6, 6.07) is 9.38. The number of pyridine rings is 1. The third-order valence-electron chi connectivity index (χ3n) is 3.22. The van der Waals surface area contributed by atoms with Gasteiger partial charge in [0.25, 0.3) is 0 Å². The van der Waals surface area contributed by atoms with Gasteiger partial charge in [0.15, 0.2) is 11.5 Å². The van der Waals surface area contributed by atoms with Gasteiger partial charge in [-0.05, 0) is 42.2 Å². The summed E-state index contributed by atoms with van der Waals surface area (Å²) in [6.45, 7) is 0. The first kappa shape index (κ1) is 14.3. The molecule has 0 aliphatic carbocycles. The van der Waals surface area contributed by atoms with E-state index < -0.39 is 6.10 Å². The fourth-order valence-electron chi connectivity index (χ4n) is 2.08. The Bertz CT molecular complexity index is 543. The van der Waals surface area contributed by atoms with Crippen molar-refractivity contribution in [2.24, 2.45) is 0 Å². The van der Waals surface area contributed by atoms with Crippen LogP contribution in [0.15, 0.2) is 42.7 Å². The van der Waals surface area contributed by atoms with Gasteiger partial charge in [-0.15, -0.1) is 0 Å². The van der Waals surface area contributed by atoms with Crippen LogP contribution in [0.2, 0.25) is 0 Å². The number of aliphatic hydroxyl groups excluding tert-OH is 1. The maximum Gasteiger partial charge on any atom is 0.161 e. The zero-order valence-corrected chi connectivity index (χ0v) is 11.7. The van der Waals surface area contributed by atoms with Gasteiger partial charge in [-0.3, -0.25) is 4.98 Å². The number of hydrogen-bond acceptors (Lipinski definition) is 4. The van der Waals surface area contributed by atoms with Crippen molar-refractivity contribution < 1.29 is 14.6 Å². The van der Waals surface area contributed by atoms with Crippen molar-refractivity contribution in [3.05, 3.63) is 53.9 Å². The molecule has 0 saturated heterocycles. The molecular weight excluding hydrogens is 254 g/mol. The van der Waals surface area contributed by atoms with Gasteiger partial charge in [0.2, 0.25) is 0 Å². The minimum absolute atomic E-state index is 0.532. The molecule has 0 spiro atoms. The number of benzene rings is 1. The number of ether oxygens (including phenoxy) is 2. The molecule has 4 heteroatoms. The van der Waals surface area contributed by atoms with Crippen LogP contribution < -0.4 is 9.47 Å². The molecule has 2 rings (SSSR count). The molecule has 1 aromatic heterocycles. The number of methoxy groups -OCH3 is 2. The molecule has 4 nitrogen and oxygen atoms in total. The lowest BCUT2D eigenvalue weighted by Gasteiger charge is -2.14. The molecule has 1 aromatic carbocycles. The van der Waals surface area contributed by atoms with E-state index in [0.717, 1.165) is 17.5 Å². The van der Waals surface area contributed by atoms with E-state index in [1.54, 1.807) is 20.4 Å². The Hall–Kier alpha value is -2.07. The smallest absolute Gasteiger partial charge is 0.161 e. The molecule has 106 valence electrons. The summed E-state index contributed by atoms with van der Waals surface area (Å²) in [5, 5.41) is 10.2. The van der Waals surface area contributed by atoms with Crippen LogP contribution in [0.1, 0.15) is 23.7 Å². The van der Waals surface area contributed by atoms with Gasteiger partial charge in [-0.25, -0.2) is 0 Å². The first-order valence-corrected chi connectivity index (χ1v) is 6.53. The summed E-state index contributed by atoms with van der Waals surface area (Å²) in [5.74, 6) is 1.29. The number of rotatable bonds is 6. The molecule has 0 amide bonds. The van der Waals surface area contributed by atoms with Gasteiger partial charge in [0.1, 0.15) is 0 Å². The molecule has 1 heterocycles. The SMILES string of the molecule is COc1ccc(C(O)CCc2cccnc2)cc1OC. The Morgan fingerprint density at radius 2 is 1.95 bits per heavy atom. The van der Waals surface area contributed by atoms with Gasteiger partial charge < -0.3 is 14.6 Å². The number of aryl methyl sites for hydroxylation is 1. The van der Waals surface area contributed by atoms with Gasteiger partial charge in [-0.1, -0.05) is 12.1 Å². The molecule has 1 N–H and O–H groups in total. The summed E-state index contributed by atoms with van der Waals surface area (Å²) < 4.78 is 10.4. The highest BCUT2D eigenvalue weighted by Crippen LogP contribution is 2.31. The van der Waals surface area contributed by atoms with E-state index in [1.165, 1.54) is 0 Å². The van der Waals surface area contributed by atoms with Gasteiger partial charge in [0, 0.05) is 12.4 Å². The Morgan fingerprint density at radius 3 is 2.60 bits per heavy atom. The second-order valence-electron chi connectivity index (χ2n) is 4.53. The zero-order chi connectivity index (χ0) is 14.4. The van der Waals surface area contributed by atoms with E-state index >= 15 is 0 Å². The summed E-state index contributed by atoms with van der Waals surface area (Å²) in [4.78, 5) is 4.07. The fourth-order valence-corrected chi connectivity index (χ4v) is 2.08. The Balaban J connectivity index is 2.03. The monoisotopic (exact) mass is 273 g/mol. The predicted octanol–water partition coefficient (Wildman–Crippen LogP) is 2.77. The summed E-state index contributed by atoms with van der Waals surface area (Å²) >= 11 is 0. The van der Waals surface area contributed by atoms with Crippen LogP contribution >= 0.6 is 0 Å². The number of nitrogens with zero attached hydrogens (tertiary/aromatic N) is 1. The van der Waals surface area contributed by atoms with E-state index in [4.69, 9.17) is 9.47 Å². The lowest BCUT2D eigenvalue weighted by atomic mass is 10.0. The summed E-state index contributed by atoms with van der Waals surface area (Å²) in [6.07, 6.45) is 4.45. The van der Waals surface area contributed by atoms with Crippen LogP contribution in [0.3, 0.4) is 0 Å². The van der Waals surface area contributed by atoms with Crippen LogP contribution in [0, 0.1) is 0 Å². The topological polar surface area (TPSA) is 51.6 Å². The summed E-state index contributed by atoms with van der Waals surface area (Å²) in [5.41, 5.74) is 1.94. The summed E-state index contributed by atoms with van der Waals surface area (Å²) in [7, 11) is 3.18. The van der Waals surface area contributed by atoms with Crippen LogP contribution in [-0.2, 0) is 6.42 Å². The lowest BCUT2D eigenvalue weighted by Crippen LogP contribution is -2.01. The quantitative estimate of drug-likeness (QED) is 0.879.